The first-order valence-electron chi connectivity index (χ1n) is 7.37. The van der Waals surface area contributed by atoms with E-state index in [2.05, 4.69) is 9.88 Å². The molecule has 1 unspecified atom stereocenters. The van der Waals surface area contributed by atoms with E-state index in [-0.39, 0.29) is 11.8 Å². The van der Waals surface area contributed by atoms with Crippen molar-refractivity contribution in [3.63, 3.8) is 0 Å². The molecule has 1 N–H and O–H groups in total. The van der Waals surface area contributed by atoms with E-state index in [0.29, 0.717) is 24.3 Å². The Balaban J connectivity index is 1.78. The first kappa shape index (κ1) is 14.3. The minimum atomic E-state index is -0.724. The van der Waals surface area contributed by atoms with E-state index in [0.717, 1.165) is 19.4 Å². The smallest absolute Gasteiger partial charge is 0.406 e. The first-order chi connectivity index (χ1) is 9.97. The molecule has 2 aromatic heterocycles. The van der Waals surface area contributed by atoms with Gasteiger partial charge in [-0.3, -0.25) is 9.47 Å². The van der Waals surface area contributed by atoms with Crippen LogP contribution in [0.1, 0.15) is 26.7 Å². The molecule has 0 saturated carbocycles. The quantitative estimate of drug-likeness (QED) is 0.917. The summed E-state index contributed by atoms with van der Waals surface area (Å²) in [7, 11) is 0. The maximum Gasteiger partial charge on any atom is 0.421 e. The monoisotopic (exact) mass is 291 g/mol. The molecule has 6 heteroatoms. The fourth-order valence-corrected chi connectivity index (χ4v) is 3.22. The zero-order valence-corrected chi connectivity index (χ0v) is 12.5. The van der Waals surface area contributed by atoms with Crippen molar-refractivity contribution in [3.05, 3.63) is 28.9 Å². The van der Waals surface area contributed by atoms with Crippen LogP contribution in [0, 0.1) is 0 Å². The summed E-state index contributed by atoms with van der Waals surface area (Å²) in [6, 6.07) is 3.63. The zero-order valence-electron chi connectivity index (χ0n) is 12.5. The molecule has 114 valence electrons. The number of likely N-dealkylation sites (tertiary alicyclic amines) is 1. The second-order valence-corrected chi connectivity index (χ2v) is 6.19. The van der Waals surface area contributed by atoms with Crippen LogP contribution < -0.4 is 5.76 Å². The van der Waals surface area contributed by atoms with Gasteiger partial charge in [-0.05, 0) is 45.4 Å². The van der Waals surface area contributed by atoms with Crippen molar-refractivity contribution in [1.82, 2.24) is 14.5 Å². The molecule has 0 amide bonds. The van der Waals surface area contributed by atoms with Gasteiger partial charge >= 0.3 is 5.76 Å². The summed E-state index contributed by atoms with van der Waals surface area (Å²) in [5, 5.41) is 10.2. The predicted octanol–water partition coefficient (Wildman–Crippen LogP) is 1.22. The predicted molar refractivity (Wildman–Crippen MR) is 79.2 cm³/mol. The summed E-state index contributed by atoms with van der Waals surface area (Å²) >= 11 is 0. The highest BCUT2D eigenvalue weighted by atomic mass is 16.4. The van der Waals surface area contributed by atoms with Crippen LogP contribution in [0.3, 0.4) is 0 Å². The second-order valence-electron chi connectivity index (χ2n) is 6.19. The number of pyridine rings is 1. The highest BCUT2D eigenvalue weighted by Crippen LogP contribution is 2.26. The van der Waals surface area contributed by atoms with Crippen LogP contribution in [0.15, 0.2) is 27.5 Å². The van der Waals surface area contributed by atoms with E-state index in [4.69, 9.17) is 4.42 Å². The summed E-state index contributed by atoms with van der Waals surface area (Å²) in [6.07, 6.45) is 3.72. The van der Waals surface area contributed by atoms with Crippen LogP contribution in [-0.2, 0) is 6.54 Å². The standard InChI is InChI=1S/C15H21N3O3/c1-15(2,20)12-6-4-8-17(12)9-10-18-13-11(21-14(18)19)5-3-7-16-13/h3,5,7,12,20H,4,6,8-10H2,1-2H3. The van der Waals surface area contributed by atoms with E-state index >= 15 is 0 Å². The van der Waals surface area contributed by atoms with Gasteiger partial charge < -0.3 is 9.52 Å². The van der Waals surface area contributed by atoms with Gasteiger partial charge in [0, 0.05) is 25.3 Å². The lowest BCUT2D eigenvalue weighted by Crippen LogP contribution is -2.46. The fourth-order valence-electron chi connectivity index (χ4n) is 3.22. The van der Waals surface area contributed by atoms with Gasteiger partial charge in [-0.2, -0.15) is 0 Å². The Hall–Kier alpha value is -1.66. The first-order valence-corrected chi connectivity index (χ1v) is 7.37. The fraction of sp³-hybridized carbons (Fsp3) is 0.600. The van der Waals surface area contributed by atoms with Gasteiger partial charge in [0.2, 0.25) is 0 Å². The van der Waals surface area contributed by atoms with Crippen molar-refractivity contribution >= 4 is 11.2 Å². The van der Waals surface area contributed by atoms with Gasteiger partial charge in [-0.25, -0.2) is 9.78 Å². The normalized spacial score (nSPS) is 20.4. The Morgan fingerprint density at radius 1 is 1.48 bits per heavy atom. The SMILES string of the molecule is CC(C)(O)C1CCCN1CCn1c(=O)oc2cccnc21. The van der Waals surface area contributed by atoms with Gasteiger partial charge in [0.1, 0.15) is 0 Å². The molecule has 1 aliphatic rings. The van der Waals surface area contributed by atoms with E-state index in [1.807, 2.05) is 13.8 Å². The average Bonchev–Trinajstić information content (AvgIpc) is 2.99. The number of aromatic nitrogens is 2. The Morgan fingerprint density at radius 2 is 2.29 bits per heavy atom. The van der Waals surface area contributed by atoms with Crippen LogP contribution in [0.2, 0.25) is 0 Å². The number of hydrogen-bond donors (Lipinski definition) is 1. The lowest BCUT2D eigenvalue weighted by Gasteiger charge is -2.33. The van der Waals surface area contributed by atoms with Crippen molar-refractivity contribution in [2.75, 3.05) is 13.1 Å². The second kappa shape index (κ2) is 5.27. The van der Waals surface area contributed by atoms with Crippen LogP contribution in [-0.4, -0.2) is 44.3 Å². The minimum absolute atomic E-state index is 0.138. The summed E-state index contributed by atoms with van der Waals surface area (Å²) < 4.78 is 6.75. The number of fused-ring (bicyclic) bond motifs is 1. The number of aliphatic hydroxyl groups is 1. The molecule has 21 heavy (non-hydrogen) atoms. The van der Waals surface area contributed by atoms with Crippen molar-refractivity contribution in [2.24, 2.45) is 0 Å². The summed E-state index contributed by atoms with van der Waals surface area (Å²) in [4.78, 5) is 18.4. The van der Waals surface area contributed by atoms with E-state index in [1.54, 1.807) is 22.9 Å². The van der Waals surface area contributed by atoms with Crippen LogP contribution in [0.5, 0.6) is 0 Å². The molecular weight excluding hydrogens is 270 g/mol. The Morgan fingerprint density at radius 3 is 3.05 bits per heavy atom. The lowest BCUT2D eigenvalue weighted by molar-refractivity contribution is -0.00329. The molecule has 1 saturated heterocycles. The molecule has 1 atom stereocenters. The van der Waals surface area contributed by atoms with E-state index in [9.17, 15) is 9.90 Å². The van der Waals surface area contributed by atoms with Crippen LogP contribution in [0.4, 0.5) is 0 Å². The van der Waals surface area contributed by atoms with Gasteiger partial charge in [0.05, 0.1) is 5.60 Å². The molecule has 2 aromatic rings. The largest absolute Gasteiger partial charge is 0.421 e. The topological polar surface area (TPSA) is 71.5 Å². The molecule has 1 aliphatic heterocycles. The third-order valence-electron chi connectivity index (χ3n) is 4.21. The highest BCUT2D eigenvalue weighted by Gasteiger charge is 2.35. The zero-order chi connectivity index (χ0) is 15.0. The minimum Gasteiger partial charge on any atom is -0.406 e. The van der Waals surface area contributed by atoms with Crippen LogP contribution >= 0.6 is 0 Å². The molecule has 6 nitrogen and oxygen atoms in total. The summed E-state index contributed by atoms with van der Waals surface area (Å²) in [5.41, 5.74) is 0.377. The summed E-state index contributed by atoms with van der Waals surface area (Å²) in [6.45, 7) is 5.87. The van der Waals surface area contributed by atoms with Crippen molar-refractivity contribution in [1.29, 1.82) is 0 Å². The molecule has 0 aliphatic carbocycles. The molecule has 1 fully saturated rings. The Labute approximate surface area is 123 Å². The van der Waals surface area contributed by atoms with E-state index < -0.39 is 5.60 Å². The number of rotatable bonds is 4. The van der Waals surface area contributed by atoms with Crippen molar-refractivity contribution in [3.8, 4) is 0 Å². The number of nitrogens with zero attached hydrogens (tertiary/aromatic N) is 3. The Kier molecular flexibility index (Phi) is 3.59. The molecule has 3 rings (SSSR count). The maximum atomic E-state index is 11.9. The van der Waals surface area contributed by atoms with Gasteiger partial charge in [0.15, 0.2) is 11.2 Å². The van der Waals surface area contributed by atoms with Gasteiger partial charge in [0.25, 0.3) is 0 Å². The van der Waals surface area contributed by atoms with Crippen LogP contribution in [0.25, 0.3) is 11.2 Å². The maximum absolute atomic E-state index is 11.9. The lowest BCUT2D eigenvalue weighted by atomic mass is 9.97. The van der Waals surface area contributed by atoms with Gasteiger partial charge in [-0.15, -0.1) is 0 Å². The van der Waals surface area contributed by atoms with Gasteiger partial charge in [-0.1, -0.05) is 0 Å². The van der Waals surface area contributed by atoms with Crippen molar-refractivity contribution in [2.45, 2.75) is 44.9 Å². The summed E-state index contributed by atoms with van der Waals surface area (Å²) in [5.74, 6) is -0.372. The molecular formula is C15H21N3O3. The van der Waals surface area contributed by atoms with Crippen molar-refractivity contribution < 1.29 is 9.52 Å². The third kappa shape index (κ3) is 2.73. The van der Waals surface area contributed by atoms with E-state index in [1.165, 1.54) is 0 Å². The average molecular weight is 291 g/mol. The molecule has 0 radical (unpaired) electrons. The molecule has 0 bridgehead atoms. The number of hydrogen-bond acceptors (Lipinski definition) is 5. The molecule has 0 spiro atoms. The number of oxazole rings is 1. The Bertz CT molecular complexity index is 683. The highest BCUT2D eigenvalue weighted by molar-refractivity contribution is 5.67. The third-order valence-corrected chi connectivity index (χ3v) is 4.21. The molecule has 3 heterocycles. The molecule has 0 aromatic carbocycles.